The molecule has 0 unspecified atom stereocenters. The number of fused-ring (bicyclic) bond motifs is 1. The fourth-order valence-electron chi connectivity index (χ4n) is 2.58. The summed E-state index contributed by atoms with van der Waals surface area (Å²) in [4.78, 5) is 24.7. The quantitative estimate of drug-likeness (QED) is 0.907. The molecule has 1 aromatic heterocycles. The molecule has 0 saturated heterocycles. The Balaban J connectivity index is 2.27. The second-order valence-electron chi connectivity index (χ2n) is 5.60. The number of methoxy groups -OCH3 is 1. The van der Waals surface area contributed by atoms with Gasteiger partial charge in [0.2, 0.25) is 5.43 Å². The highest BCUT2D eigenvalue weighted by atomic mass is 19.1. The number of aryl methyl sites for hydroxylation is 1. The van der Waals surface area contributed by atoms with Crippen molar-refractivity contribution < 1.29 is 22.7 Å². The van der Waals surface area contributed by atoms with Crippen molar-refractivity contribution in [1.29, 1.82) is 0 Å². The molecule has 1 aromatic carbocycles. The molecule has 128 valence electrons. The summed E-state index contributed by atoms with van der Waals surface area (Å²) >= 11 is 0. The number of benzene rings is 1. The number of halogens is 3. The third-order valence-electron chi connectivity index (χ3n) is 3.90. The van der Waals surface area contributed by atoms with Crippen LogP contribution in [-0.2, 0) is 6.54 Å². The minimum Gasteiger partial charge on any atom is -0.491 e. The van der Waals surface area contributed by atoms with Gasteiger partial charge in [0.15, 0.2) is 17.4 Å². The first-order valence-corrected chi connectivity index (χ1v) is 7.44. The van der Waals surface area contributed by atoms with Crippen molar-refractivity contribution in [3.63, 3.8) is 0 Å². The lowest BCUT2D eigenvalue weighted by Crippen LogP contribution is -2.31. The van der Waals surface area contributed by atoms with Gasteiger partial charge in [0.1, 0.15) is 12.2 Å². The van der Waals surface area contributed by atoms with Crippen molar-refractivity contribution in [2.75, 3.05) is 13.8 Å². The lowest BCUT2D eigenvalue weighted by Gasteiger charge is -2.14. The summed E-state index contributed by atoms with van der Waals surface area (Å²) in [5.74, 6) is -3.46. The Morgan fingerprint density at radius 1 is 1.42 bits per heavy atom. The van der Waals surface area contributed by atoms with E-state index in [2.05, 4.69) is 10.1 Å². The van der Waals surface area contributed by atoms with E-state index >= 15 is 0 Å². The number of amides is 1. The van der Waals surface area contributed by atoms with Crippen LogP contribution in [0.15, 0.2) is 17.1 Å². The number of carbonyl (C=O) groups is 1. The van der Waals surface area contributed by atoms with Crippen molar-refractivity contribution in [3.8, 4) is 5.75 Å². The maximum absolute atomic E-state index is 14.5. The summed E-state index contributed by atoms with van der Waals surface area (Å²) in [5.41, 5.74) is -1.37. The highest BCUT2D eigenvalue weighted by molar-refractivity contribution is 5.98. The average molecular weight is 340 g/mol. The van der Waals surface area contributed by atoms with Crippen LogP contribution in [0.4, 0.5) is 13.2 Å². The molecule has 1 amide bonds. The summed E-state index contributed by atoms with van der Waals surface area (Å²) in [6.07, 6.45) is 2.74. The van der Waals surface area contributed by atoms with Crippen LogP contribution in [0, 0.1) is 11.6 Å². The second-order valence-corrected chi connectivity index (χ2v) is 5.60. The van der Waals surface area contributed by atoms with E-state index in [4.69, 9.17) is 0 Å². The molecule has 1 aliphatic carbocycles. The molecule has 1 heterocycles. The lowest BCUT2D eigenvalue weighted by atomic mass is 10.1. The summed E-state index contributed by atoms with van der Waals surface area (Å²) in [6, 6.07) is 0.814. The van der Waals surface area contributed by atoms with Gasteiger partial charge in [-0.25, -0.2) is 13.2 Å². The first-order chi connectivity index (χ1) is 11.5. The fourth-order valence-corrected chi connectivity index (χ4v) is 2.58. The molecule has 1 saturated carbocycles. The van der Waals surface area contributed by atoms with Crippen LogP contribution < -0.4 is 15.5 Å². The van der Waals surface area contributed by atoms with Crippen LogP contribution in [0.2, 0.25) is 0 Å². The molecular formula is C16H15F3N2O3. The Morgan fingerprint density at radius 3 is 2.71 bits per heavy atom. The number of aromatic nitrogens is 1. The summed E-state index contributed by atoms with van der Waals surface area (Å²) < 4.78 is 47.0. The predicted octanol–water partition coefficient (Wildman–Crippen LogP) is 2.15. The molecule has 0 bridgehead atoms. The molecule has 8 heteroatoms. The molecule has 24 heavy (non-hydrogen) atoms. The highest BCUT2D eigenvalue weighted by Crippen LogP contribution is 2.28. The molecule has 5 nitrogen and oxygen atoms in total. The van der Waals surface area contributed by atoms with Gasteiger partial charge in [-0.05, 0) is 18.9 Å². The van der Waals surface area contributed by atoms with E-state index in [1.54, 1.807) is 0 Å². The van der Waals surface area contributed by atoms with E-state index in [0.29, 0.717) is 0 Å². The number of carbonyl (C=O) groups excluding carboxylic acids is 1. The largest absolute Gasteiger partial charge is 0.491 e. The van der Waals surface area contributed by atoms with Crippen LogP contribution >= 0.6 is 0 Å². The molecule has 2 aromatic rings. The Labute approximate surface area is 135 Å². The first kappa shape index (κ1) is 16.4. The van der Waals surface area contributed by atoms with Gasteiger partial charge >= 0.3 is 0 Å². The van der Waals surface area contributed by atoms with Crippen LogP contribution in [-0.4, -0.2) is 30.3 Å². The van der Waals surface area contributed by atoms with Crippen molar-refractivity contribution in [3.05, 3.63) is 39.7 Å². The van der Waals surface area contributed by atoms with E-state index < -0.39 is 35.4 Å². The monoisotopic (exact) mass is 340 g/mol. The SMILES string of the molecule is COc1c(F)cc2c(=O)c(C(=O)NC3CC3)cn(CCF)c2c1F. The van der Waals surface area contributed by atoms with Crippen molar-refractivity contribution in [2.24, 2.45) is 0 Å². The molecule has 1 fully saturated rings. The normalized spacial score (nSPS) is 14.0. The molecular weight excluding hydrogens is 325 g/mol. The average Bonchev–Trinajstić information content (AvgIpc) is 3.34. The summed E-state index contributed by atoms with van der Waals surface area (Å²) in [5, 5.41) is 2.31. The number of ether oxygens (including phenoxy) is 1. The number of nitrogens with zero attached hydrogens (tertiary/aromatic N) is 1. The predicted molar refractivity (Wildman–Crippen MR) is 81.1 cm³/mol. The number of nitrogens with one attached hydrogen (secondary N) is 1. The summed E-state index contributed by atoms with van der Waals surface area (Å²) in [6.45, 7) is -1.13. The lowest BCUT2D eigenvalue weighted by molar-refractivity contribution is 0.0949. The van der Waals surface area contributed by atoms with E-state index in [0.717, 1.165) is 36.8 Å². The van der Waals surface area contributed by atoms with Gasteiger partial charge in [0.25, 0.3) is 5.91 Å². The molecule has 1 aliphatic rings. The molecule has 0 aliphatic heterocycles. The zero-order valence-electron chi connectivity index (χ0n) is 12.9. The topological polar surface area (TPSA) is 60.3 Å². The van der Waals surface area contributed by atoms with Gasteiger partial charge in [0, 0.05) is 12.2 Å². The van der Waals surface area contributed by atoms with Crippen LogP contribution in [0.3, 0.4) is 0 Å². The fraction of sp³-hybridized carbons (Fsp3) is 0.375. The third-order valence-corrected chi connectivity index (χ3v) is 3.90. The first-order valence-electron chi connectivity index (χ1n) is 7.44. The minimum absolute atomic E-state index is 0.00608. The van der Waals surface area contributed by atoms with Crippen molar-refractivity contribution in [2.45, 2.75) is 25.4 Å². The highest BCUT2D eigenvalue weighted by Gasteiger charge is 2.27. The zero-order valence-corrected chi connectivity index (χ0v) is 12.9. The van der Waals surface area contributed by atoms with Gasteiger partial charge in [-0.1, -0.05) is 0 Å². The van der Waals surface area contributed by atoms with Crippen molar-refractivity contribution in [1.82, 2.24) is 9.88 Å². The minimum atomic E-state index is -1.10. The molecule has 0 radical (unpaired) electrons. The molecule has 1 N–H and O–H groups in total. The Bertz CT molecular complexity index is 875. The van der Waals surface area contributed by atoms with Gasteiger partial charge in [0.05, 0.1) is 24.6 Å². The van der Waals surface area contributed by atoms with Crippen LogP contribution in [0.5, 0.6) is 5.75 Å². The number of alkyl halides is 1. The Morgan fingerprint density at radius 2 is 2.12 bits per heavy atom. The van der Waals surface area contributed by atoms with Gasteiger partial charge in [-0.15, -0.1) is 0 Å². The zero-order chi connectivity index (χ0) is 17.4. The Kier molecular flexibility index (Phi) is 4.21. The number of hydrogen-bond donors (Lipinski definition) is 1. The van der Waals surface area contributed by atoms with Crippen molar-refractivity contribution >= 4 is 16.8 Å². The summed E-state index contributed by atoms with van der Waals surface area (Å²) in [7, 11) is 1.09. The van der Waals surface area contributed by atoms with E-state index in [9.17, 15) is 22.8 Å². The van der Waals surface area contributed by atoms with Gasteiger partial charge in [-0.3, -0.25) is 9.59 Å². The third kappa shape index (κ3) is 2.72. The van der Waals surface area contributed by atoms with E-state index in [-0.39, 0.29) is 29.1 Å². The van der Waals surface area contributed by atoms with Crippen LogP contribution in [0.1, 0.15) is 23.2 Å². The molecule has 3 rings (SSSR count). The van der Waals surface area contributed by atoms with E-state index in [1.807, 2.05) is 0 Å². The smallest absolute Gasteiger partial charge is 0.256 e. The number of pyridine rings is 1. The standard InChI is InChI=1S/C16H15F3N2O3/c1-24-15-11(18)6-9-13(12(15)19)21(5-4-17)7-10(14(9)22)16(23)20-8-2-3-8/h6-8H,2-5H2,1H3,(H,20,23). The van der Waals surface area contributed by atoms with Gasteiger partial charge < -0.3 is 14.6 Å². The Hall–Kier alpha value is -2.51. The maximum atomic E-state index is 14.5. The van der Waals surface area contributed by atoms with E-state index in [1.165, 1.54) is 0 Å². The second kappa shape index (κ2) is 6.18. The molecule has 0 atom stereocenters. The molecule has 0 spiro atoms. The number of hydrogen-bond acceptors (Lipinski definition) is 3. The maximum Gasteiger partial charge on any atom is 0.256 e. The van der Waals surface area contributed by atoms with Gasteiger partial charge in [-0.2, -0.15) is 0 Å². The van der Waals surface area contributed by atoms with Crippen LogP contribution in [0.25, 0.3) is 10.9 Å². The number of rotatable bonds is 5.